The summed E-state index contributed by atoms with van der Waals surface area (Å²) in [5.74, 6) is 1.73. The summed E-state index contributed by atoms with van der Waals surface area (Å²) in [7, 11) is 4.13. The molecule has 1 saturated heterocycles. The molecule has 2 aliphatic rings. The van der Waals surface area contributed by atoms with Crippen molar-refractivity contribution in [1.29, 1.82) is 0 Å². The van der Waals surface area contributed by atoms with Crippen molar-refractivity contribution in [2.24, 2.45) is 0 Å². The summed E-state index contributed by atoms with van der Waals surface area (Å²) in [6, 6.07) is 14.9. The number of hydrogen-bond donors (Lipinski definition) is 0. The molecule has 28 heavy (non-hydrogen) atoms. The Labute approximate surface area is 167 Å². The normalized spacial score (nSPS) is 17.4. The summed E-state index contributed by atoms with van der Waals surface area (Å²) in [5, 5.41) is 0. The maximum absolute atomic E-state index is 5.49. The van der Waals surface area contributed by atoms with Crippen molar-refractivity contribution < 1.29 is 9.47 Å². The average Bonchev–Trinajstić information content (AvgIpc) is 3.18. The van der Waals surface area contributed by atoms with Crippen LogP contribution in [0.5, 0.6) is 11.5 Å². The Morgan fingerprint density at radius 3 is 2.36 bits per heavy atom. The first-order valence-electron chi connectivity index (χ1n) is 9.94. The maximum atomic E-state index is 5.49. The van der Waals surface area contributed by atoms with Gasteiger partial charge in [0, 0.05) is 59.1 Å². The summed E-state index contributed by atoms with van der Waals surface area (Å²) < 4.78 is 10.9. The van der Waals surface area contributed by atoms with Crippen LogP contribution in [0.15, 0.2) is 48.5 Å². The van der Waals surface area contributed by atoms with Crippen LogP contribution in [0.4, 0.5) is 5.69 Å². The molecule has 0 aliphatic carbocycles. The lowest BCUT2D eigenvalue weighted by atomic mass is 10.1. The zero-order chi connectivity index (χ0) is 19.3. The van der Waals surface area contributed by atoms with Crippen LogP contribution in [0.3, 0.4) is 0 Å². The van der Waals surface area contributed by atoms with E-state index in [0.29, 0.717) is 6.79 Å². The third kappa shape index (κ3) is 4.66. The molecule has 0 bridgehead atoms. The molecule has 0 radical (unpaired) electrons. The summed E-state index contributed by atoms with van der Waals surface area (Å²) in [5.41, 5.74) is 3.78. The SMILES string of the molecule is CN(C)c1ccc(C=CCN2CCN(Cc3ccc4c(c3)OCO4)CC2)cc1. The van der Waals surface area contributed by atoms with Crippen LogP contribution in [0.2, 0.25) is 0 Å². The highest BCUT2D eigenvalue weighted by atomic mass is 16.7. The van der Waals surface area contributed by atoms with Crippen LogP contribution in [0.1, 0.15) is 11.1 Å². The Balaban J connectivity index is 1.22. The molecular weight excluding hydrogens is 350 g/mol. The van der Waals surface area contributed by atoms with E-state index in [2.05, 4.69) is 77.3 Å². The zero-order valence-corrected chi connectivity index (χ0v) is 16.8. The van der Waals surface area contributed by atoms with Crippen LogP contribution in [-0.2, 0) is 6.54 Å². The summed E-state index contributed by atoms with van der Waals surface area (Å²) in [4.78, 5) is 7.15. The fourth-order valence-corrected chi connectivity index (χ4v) is 3.65. The predicted octanol–water partition coefficient (Wildman–Crippen LogP) is 3.31. The van der Waals surface area contributed by atoms with Gasteiger partial charge in [-0.25, -0.2) is 0 Å². The number of ether oxygens (including phenoxy) is 2. The molecule has 2 aromatic rings. The minimum Gasteiger partial charge on any atom is -0.454 e. The third-order valence-electron chi connectivity index (χ3n) is 5.39. The van der Waals surface area contributed by atoms with E-state index in [1.54, 1.807) is 0 Å². The van der Waals surface area contributed by atoms with Crippen LogP contribution in [0, 0.1) is 0 Å². The third-order valence-corrected chi connectivity index (χ3v) is 5.39. The second-order valence-corrected chi connectivity index (χ2v) is 7.65. The van der Waals surface area contributed by atoms with E-state index in [1.165, 1.54) is 16.8 Å². The van der Waals surface area contributed by atoms with Crippen molar-refractivity contribution in [3.8, 4) is 11.5 Å². The van der Waals surface area contributed by atoms with Gasteiger partial charge < -0.3 is 14.4 Å². The lowest BCUT2D eigenvalue weighted by Gasteiger charge is -2.34. The Bertz CT molecular complexity index is 809. The molecule has 2 heterocycles. The minimum absolute atomic E-state index is 0.338. The smallest absolute Gasteiger partial charge is 0.231 e. The number of fused-ring (bicyclic) bond motifs is 1. The lowest BCUT2D eigenvalue weighted by Crippen LogP contribution is -2.45. The van der Waals surface area contributed by atoms with Crippen molar-refractivity contribution in [2.75, 3.05) is 58.5 Å². The first-order chi connectivity index (χ1) is 13.7. The van der Waals surface area contributed by atoms with Crippen molar-refractivity contribution >= 4 is 11.8 Å². The van der Waals surface area contributed by atoms with Crippen LogP contribution in [0.25, 0.3) is 6.08 Å². The molecule has 2 aromatic carbocycles. The van der Waals surface area contributed by atoms with Gasteiger partial charge in [0.25, 0.3) is 0 Å². The predicted molar refractivity (Wildman–Crippen MR) is 114 cm³/mol. The second-order valence-electron chi connectivity index (χ2n) is 7.65. The van der Waals surface area contributed by atoms with Gasteiger partial charge in [0.1, 0.15) is 0 Å². The van der Waals surface area contributed by atoms with E-state index in [1.807, 2.05) is 6.07 Å². The van der Waals surface area contributed by atoms with Crippen molar-refractivity contribution in [1.82, 2.24) is 9.80 Å². The maximum Gasteiger partial charge on any atom is 0.231 e. The van der Waals surface area contributed by atoms with E-state index in [9.17, 15) is 0 Å². The minimum atomic E-state index is 0.338. The first kappa shape index (κ1) is 18.8. The van der Waals surface area contributed by atoms with Gasteiger partial charge in [-0.1, -0.05) is 30.4 Å². The molecule has 5 nitrogen and oxygen atoms in total. The summed E-state index contributed by atoms with van der Waals surface area (Å²) in [6.45, 7) is 6.72. The van der Waals surface area contributed by atoms with E-state index in [0.717, 1.165) is 50.8 Å². The summed E-state index contributed by atoms with van der Waals surface area (Å²) >= 11 is 0. The molecule has 0 spiro atoms. The Morgan fingerprint density at radius 1 is 0.893 bits per heavy atom. The number of piperazine rings is 1. The highest BCUT2D eigenvalue weighted by Gasteiger charge is 2.18. The molecule has 0 N–H and O–H groups in total. The van der Waals surface area contributed by atoms with Crippen molar-refractivity contribution in [3.63, 3.8) is 0 Å². The number of nitrogens with zero attached hydrogens (tertiary/aromatic N) is 3. The number of anilines is 1. The number of benzene rings is 2. The Kier molecular flexibility index (Phi) is 5.84. The molecular formula is C23H29N3O2. The standard InChI is InChI=1S/C23H29N3O2/c1-24(2)21-8-5-19(6-9-21)4-3-11-25-12-14-26(15-13-25)17-20-7-10-22-23(16-20)28-18-27-22/h3-10,16H,11-15,17-18H2,1-2H3. The Morgan fingerprint density at radius 2 is 1.61 bits per heavy atom. The van der Waals surface area contributed by atoms with Crippen LogP contribution in [-0.4, -0.2) is 63.4 Å². The van der Waals surface area contributed by atoms with Gasteiger partial charge in [-0.3, -0.25) is 9.80 Å². The molecule has 0 atom stereocenters. The molecule has 0 saturated carbocycles. The van der Waals surface area contributed by atoms with Gasteiger partial charge >= 0.3 is 0 Å². The second kappa shape index (κ2) is 8.67. The lowest BCUT2D eigenvalue weighted by molar-refractivity contribution is 0.137. The topological polar surface area (TPSA) is 28.2 Å². The molecule has 5 heteroatoms. The quantitative estimate of drug-likeness (QED) is 0.768. The summed E-state index contributed by atoms with van der Waals surface area (Å²) in [6.07, 6.45) is 4.50. The fourth-order valence-electron chi connectivity index (χ4n) is 3.65. The largest absolute Gasteiger partial charge is 0.454 e. The zero-order valence-electron chi connectivity index (χ0n) is 16.8. The van der Waals surface area contributed by atoms with E-state index in [4.69, 9.17) is 9.47 Å². The molecule has 1 fully saturated rings. The van der Waals surface area contributed by atoms with Gasteiger partial charge in [0.15, 0.2) is 11.5 Å². The van der Waals surface area contributed by atoms with Gasteiger partial charge in [-0.15, -0.1) is 0 Å². The van der Waals surface area contributed by atoms with Gasteiger partial charge in [0.05, 0.1) is 0 Å². The highest BCUT2D eigenvalue weighted by molar-refractivity contribution is 5.55. The molecule has 148 valence electrons. The van der Waals surface area contributed by atoms with Crippen molar-refractivity contribution in [2.45, 2.75) is 6.54 Å². The highest BCUT2D eigenvalue weighted by Crippen LogP contribution is 2.32. The average molecular weight is 380 g/mol. The van der Waals surface area contributed by atoms with Crippen molar-refractivity contribution in [3.05, 3.63) is 59.7 Å². The molecule has 0 aromatic heterocycles. The van der Waals surface area contributed by atoms with Gasteiger partial charge in [-0.05, 0) is 35.4 Å². The Hall–Kier alpha value is -2.50. The van der Waals surface area contributed by atoms with E-state index >= 15 is 0 Å². The van der Waals surface area contributed by atoms with Crippen LogP contribution >= 0.6 is 0 Å². The first-order valence-corrected chi connectivity index (χ1v) is 9.94. The molecule has 2 aliphatic heterocycles. The van der Waals surface area contributed by atoms with Gasteiger partial charge in [0.2, 0.25) is 6.79 Å². The molecule has 0 amide bonds. The van der Waals surface area contributed by atoms with E-state index < -0.39 is 0 Å². The molecule has 0 unspecified atom stereocenters. The number of rotatable bonds is 6. The molecule has 4 rings (SSSR count). The number of hydrogen-bond acceptors (Lipinski definition) is 5. The van der Waals surface area contributed by atoms with Crippen LogP contribution < -0.4 is 14.4 Å². The van der Waals surface area contributed by atoms with Gasteiger partial charge in [-0.2, -0.15) is 0 Å². The van der Waals surface area contributed by atoms with E-state index in [-0.39, 0.29) is 0 Å². The fraction of sp³-hybridized carbons (Fsp3) is 0.391. The monoisotopic (exact) mass is 379 g/mol.